The molecule has 6 N–H and O–H groups in total. The molecule has 0 aromatic carbocycles. The minimum atomic E-state index is -2.54. The summed E-state index contributed by atoms with van der Waals surface area (Å²) in [6.07, 6.45) is 2.89. The fraction of sp³-hybridized carbons (Fsp3) is 0.300. The van der Waals surface area contributed by atoms with Gasteiger partial charge in [-0.15, -0.1) is 0 Å². The normalized spacial score (nSPS) is 16.7. The third-order valence-electron chi connectivity index (χ3n) is 4.91. The molecule has 1 aliphatic heterocycles. The highest BCUT2D eigenvalue weighted by molar-refractivity contribution is 8.25. The number of anilines is 1. The van der Waals surface area contributed by atoms with Crippen LogP contribution in [0.4, 0.5) is 5.69 Å². The molecule has 0 unspecified atom stereocenters. The fourth-order valence-electron chi connectivity index (χ4n) is 3.48. The molecule has 4 rings (SSSR count). The topological polar surface area (TPSA) is 155 Å². The van der Waals surface area contributed by atoms with Crippen LogP contribution in [-0.4, -0.2) is 59.1 Å². The number of carbonyl (C=O) groups is 2. The molecule has 164 valence electrons. The Hall–Kier alpha value is -3.15. The average molecular weight is 445 g/mol. The zero-order valence-corrected chi connectivity index (χ0v) is 17.9. The van der Waals surface area contributed by atoms with E-state index in [0.717, 1.165) is 0 Å². The second-order valence-electron chi connectivity index (χ2n) is 7.88. The van der Waals surface area contributed by atoms with Gasteiger partial charge in [0.25, 0.3) is 5.91 Å². The van der Waals surface area contributed by atoms with Crippen LogP contribution in [0.5, 0.6) is 0 Å². The molecule has 0 bridgehead atoms. The lowest BCUT2D eigenvalue weighted by Crippen LogP contribution is -2.50. The van der Waals surface area contributed by atoms with E-state index in [-0.39, 0.29) is 29.5 Å². The van der Waals surface area contributed by atoms with Crippen molar-refractivity contribution in [3.05, 3.63) is 47.8 Å². The van der Waals surface area contributed by atoms with Crippen molar-refractivity contribution in [2.24, 2.45) is 5.73 Å². The van der Waals surface area contributed by atoms with Crippen LogP contribution in [0.3, 0.4) is 0 Å². The number of hydrogen-bond donors (Lipinski definition) is 5. The molecular weight excluding hydrogens is 420 g/mol. The molecule has 1 aliphatic rings. The molecule has 2 amide bonds. The lowest BCUT2D eigenvalue weighted by molar-refractivity contribution is 0.0940. The number of fused-ring (bicyclic) bond motifs is 1. The Morgan fingerprint density at radius 3 is 2.61 bits per heavy atom. The van der Waals surface area contributed by atoms with Crippen molar-refractivity contribution in [3.8, 4) is 11.4 Å². The molecule has 4 heterocycles. The summed E-state index contributed by atoms with van der Waals surface area (Å²) < 4.78 is 20.7. The van der Waals surface area contributed by atoms with Crippen molar-refractivity contribution < 1.29 is 18.7 Å². The Morgan fingerprint density at radius 1 is 1.23 bits per heavy atom. The van der Waals surface area contributed by atoms with Crippen LogP contribution >= 0.6 is 10.6 Å². The number of pyridine rings is 1. The lowest BCUT2D eigenvalue weighted by Gasteiger charge is -2.47. The Morgan fingerprint density at radius 2 is 1.97 bits per heavy atom. The standard InChI is InChI=1S/C20H24N6O4S/c1-11(2)24-16-6-17(18-4-3-14-5-12(19(21)27)7-23-26(14)18)22-8-15(16)20(28)25-13-9-31(29,30)10-13/h3-8,11,13,29-30H,9-10H2,1-2H3,(H2,21,27)(H,22,24)(H,25,28). The fourth-order valence-corrected chi connectivity index (χ4v) is 4.83. The number of nitrogens with one attached hydrogen (secondary N) is 2. The van der Waals surface area contributed by atoms with Gasteiger partial charge in [-0.25, -0.2) is 4.52 Å². The molecule has 3 aromatic rings. The Kier molecular flexibility index (Phi) is 5.33. The summed E-state index contributed by atoms with van der Waals surface area (Å²) in [6.45, 7) is 3.92. The number of amides is 2. The van der Waals surface area contributed by atoms with Crippen LogP contribution < -0.4 is 16.4 Å². The van der Waals surface area contributed by atoms with Crippen LogP contribution in [0.15, 0.2) is 36.7 Å². The van der Waals surface area contributed by atoms with Gasteiger partial charge in [0.05, 0.1) is 57.5 Å². The number of aromatic nitrogens is 3. The van der Waals surface area contributed by atoms with Crippen molar-refractivity contribution in [2.45, 2.75) is 25.9 Å². The smallest absolute Gasteiger partial charge is 0.255 e. The highest BCUT2D eigenvalue weighted by Gasteiger charge is 2.35. The number of primary amides is 1. The summed E-state index contributed by atoms with van der Waals surface area (Å²) in [7, 11) is -2.54. The zero-order valence-electron chi connectivity index (χ0n) is 17.1. The van der Waals surface area contributed by atoms with E-state index >= 15 is 0 Å². The van der Waals surface area contributed by atoms with Crippen molar-refractivity contribution in [1.29, 1.82) is 0 Å². The van der Waals surface area contributed by atoms with Crippen LogP contribution in [0.25, 0.3) is 16.9 Å². The van der Waals surface area contributed by atoms with Gasteiger partial charge in [-0.2, -0.15) is 15.7 Å². The molecule has 1 fully saturated rings. The summed E-state index contributed by atoms with van der Waals surface area (Å²) in [5, 5.41) is 10.4. The number of carbonyl (C=O) groups excluding carboxylic acids is 2. The Labute approximate surface area is 180 Å². The minimum absolute atomic E-state index is 0.0674. The summed E-state index contributed by atoms with van der Waals surface area (Å²) in [5.41, 5.74) is 8.58. The number of hydrogen-bond acceptors (Lipinski definition) is 7. The van der Waals surface area contributed by atoms with Gasteiger partial charge in [-0.3, -0.25) is 23.7 Å². The van der Waals surface area contributed by atoms with Crippen LogP contribution in [-0.2, 0) is 0 Å². The third-order valence-corrected chi connectivity index (χ3v) is 6.78. The van der Waals surface area contributed by atoms with Crippen molar-refractivity contribution in [3.63, 3.8) is 0 Å². The molecular formula is C20H24N6O4S. The van der Waals surface area contributed by atoms with Gasteiger partial charge in [-0.05, 0) is 38.1 Å². The maximum atomic E-state index is 12.8. The SMILES string of the molecule is CC(C)Nc1cc(-c2ccc3cc(C(N)=O)cnn23)ncc1C(=O)NC1CS(O)(O)C1. The predicted octanol–water partition coefficient (Wildman–Crippen LogP) is 2.18. The van der Waals surface area contributed by atoms with Crippen LogP contribution in [0.2, 0.25) is 0 Å². The first-order chi connectivity index (χ1) is 14.6. The molecule has 10 nitrogen and oxygen atoms in total. The van der Waals surface area contributed by atoms with Gasteiger partial charge in [0.15, 0.2) is 0 Å². The Balaban J connectivity index is 1.66. The average Bonchev–Trinajstić information content (AvgIpc) is 3.09. The molecule has 31 heavy (non-hydrogen) atoms. The quantitative estimate of drug-likeness (QED) is 0.390. The van der Waals surface area contributed by atoms with Gasteiger partial charge < -0.3 is 16.4 Å². The maximum absolute atomic E-state index is 12.8. The second kappa shape index (κ2) is 7.84. The van der Waals surface area contributed by atoms with E-state index in [1.165, 1.54) is 12.4 Å². The van der Waals surface area contributed by atoms with Gasteiger partial charge in [0.1, 0.15) is 0 Å². The van der Waals surface area contributed by atoms with E-state index in [1.807, 2.05) is 26.0 Å². The van der Waals surface area contributed by atoms with Gasteiger partial charge in [0, 0.05) is 12.2 Å². The second-order valence-corrected chi connectivity index (χ2v) is 10.2. The first-order valence-electron chi connectivity index (χ1n) is 9.72. The van der Waals surface area contributed by atoms with Gasteiger partial charge in [-0.1, -0.05) is 0 Å². The van der Waals surface area contributed by atoms with Crippen LogP contribution in [0, 0.1) is 0 Å². The molecule has 11 heteroatoms. The van der Waals surface area contributed by atoms with E-state index in [1.54, 1.807) is 16.6 Å². The van der Waals surface area contributed by atoms with Crippen molar-refractivity contribution >= 4 is 33.6 Å². The number of nitrogens with two attached hydrogens (primary N) is 1. The Bertz CT molecular complexity index is 1170. The van der Waals surface area contributed by atoms with Gasteiger partial charge in [0.2, 0.25) is 5.91 Å². The maximum Gasteiger partial charge on any atom is 0.255 e. The van der Waals surface area contributed by atoms with Gasteiger partial charge >= 0.3 is 0 Å². The van der Waals surface area contributed by atoms with E-state index in [9.17, 15) is 18.7 Å². The third kappa shape index (κ3) is 4.33. The molecule has 0 radical (unpaired) electrons. The number of rotatable bonds is 6. The minimum Gasteiger partial charge on any atom is -0.382 e. The van der Waals surface area contributed by atoms with Crippen molar-refractivity contribution in [2.75, 3.05) is 16.8 Å². The molecule has 0 spiro atoms. The first kappa shape index (κ1) is 21.1. The summed E-state index contributed by atoms with van der Waals surface area (Å²) in [6, 6.07) is 6.86. The van der Waals surface area contributed by atoms with Crippen molar-refractivity contribution in [1.82, 2.24) is 19.9 Å². The lowest BCUT2D eigenvalue weighted by atomic mass is 10.1. The molecule has 3 aromatic heterocycles. The van der Waals surface area contributed by atoms with Crippen LogP contribution in [0.1, 0.15) is 34.6 Å². The summed E-state index contributed by atoms with van der Waals surface area (Å²) in [5.74, 6) is -0.535. The first-order valence-corrected chi connectivity index (χ1v) is 11.6. The van der Waals surface area contributed by atoms with E-state index < -0.39 is 16.5 Å². The highest BCUT2D eigenvalue weighted by atomic mass is 32.3. The largest absolute Gasteiger partial charge is 0.382 e. The highest BCUT2D eigenvalue weighted by Crippen LogP contribution is 2.48. The molecule has 0 saturated carbocycles. The molecule has 0 aliphatic carbocycles. The van der Waals surface area contributed by atoms with E-state index in [2.05, 4.69) is 20.7 Å². The molecule has 0 atom stereocenters. The molecule has 1 saturated heterocycles. The van der Waals surface area contributed by atoms with E-state index in [4.69, 9.17) is 5.73 Å². The summed E-state index contributed by atoms with van der Waals surface area (Å²) in [4.78, 5) is 28.6. The van der Waals surface area contributed by atoms with E-state index in [0.29, 0.717) is 33.7 Å². The number of nitrogens with zero attached hydrogens (tertiary/aromatic N) is 3. The summed E-state index contributed by atoms with van der Waals surface area (Å²) >= 11 is 0. The monoisotopic (exact) mass is 444 g/mol. The predicted molar refractivity (Wildman–Crippen MR) is 120 cm³/mol. The zero-order chi connectivity index (χ0) is 22.3.